The van der Waals surface area contributed by atoms with Crippen LogP contribution in [0.15, 0.2) is 126 Å². The Balaban J connectivity index is 1.35. The second-order valence-corrected chi connectivity index (χ2v) is 11.6. The third-order valence-corrected chi connectivity index (χ3v) is 9.65. The Hall–Kier alpha value is -5.06. The van der Waals surface area contributed by atoms with Crippen molar-refractivity contribution in [3.63, 3.8) is 0 Å². The highest BCUT2D eigenvalue weighted by Gasteiger charge is 2.30. The van der Waals surface area contributed by atoms with Crippen LogP contribution in [-0.2, 0) is 0 Å². The molecule has 40 heavy (non-hydrogen) atoms. The van der Waals surface area contributed by atoms with Gasteiger partial charge in [0.05, 0.1) is 28.1 Å². The van der Waals surface area contributed by atoms with Crippen LogP contribution in [-0.4, -0.2) is 4.57 Å². The summed E-state index contributed by atoms with van der Waals surface area (Å²) in [6, 6.07) is 43.9. The van der Waals surface area contributed by atoms with E-state index in [9.17, 15) is 0 Å². The zero-order valence-corrected chi connectivity index (χ0v) is 22.1. The first-order chi connectivity index (χ1) is 19.8. The van der Waals surface area contributed by atoms with E-state index in [0.29, 0.717) is 0 Å². The van der Waals surface area contributed by atoms with Crippen molar-refractivity contribution >= 4 is 92.3 Å². The number of aromatic nitrogens is 1. The molecule has 1 aliphatic heterocycles. The number of nitrogens with zero attached hydrogens (tertiary/aromatic N) is 2. The lowest BCUT2D eigenvalue weighted by Crippen LogP contribution is -2.18. The Morgan fingerprint density at radius 1 is 0.475 bits per heavy atom. The average molecular weight is 529 g/mol. The molecule has 0 saturated carbocycles. The van der Waals surface area contributed by atoms with Crippen LogP contribution in [0.4, 0.5) is 17.1 Å². The highest BCUT2D eigenvalue weighted by molar-refractivity contribution is 7.25. The summed E-state index contributed by atoms with van der Waals surface area (Å²) in [5, 5.41) is 7.36. The SMILES string of the molecule is c1ccc2c(c1)N(c1ccc3sc4ccccc4c3c1)c1cccc3c4ccc5c6ccccc6oc5c4n-2c13. The fraction of sp³-hybridized carbons (Fsp3) is 0. The highest BCUT2D eigenvalue weighted by atomic mass is 32.1. The van der Waals surface area contributed by atoms with Crippen molar-refractivity contribution in [2.24, 2.45) is 0 Å². The van der Waals surface area contributed by atoms with E-state index < -0.39 is 0 Å². The summed E-state index contributed by atoms with van der Waals surface area (Å²) in [4.78, 5) is 2.43. The Morgan fingerprint density at radius 3 is 2.12 bits per heavy atom. The highest BCUT2D eigenvalue weighted by Crippen LogP contribution is 2.51. The van der Waals surface area contributed by atoms with Crippen molar-refractivity contribution in [2.75, 3.05) is 4.90 Å². The third kappa shape index (κ3) is 2.50. The number of fused-ring (bicyclic) bond motifs is 12. The lowest BCUT2D eigenvalue weighted by molar-refractivity contribution is 0.671. The standard InChI is InChI=1S/C36H20N2OS/c1-5-14-31-22(8-1)26-18-17-25-24-10-7-13-30-34(24)38(35(25)36(26)39-31)29-12-4-3-11-28(29)37(30)21-16-19-33-27(20-21)23-9-2-6-15-32(23)40-33/h1-20H. The largest absolute Gasteiger partial charge is 0.454 e. The molecule has 10 rings (SSSR count). The second-order valence-electron chi connectivity index (χ2n) is 10.5. The van der Waals surface area contributed by atoms with Crippen LogP contribution in [0.1, 0.15) is 0 Å². The molecule has 0 N–H and O–H groups in total. The first-order valence-corrected chi connectivity index (χ1v) is 14.3. The normalized spacial score (nSPS) is 12.9. The average Bonchev–Trinajstić information content (AvgIpc) is 3.67. The second kappa shape index (κ2) is 7.32. The molecule has 0 atom stereocenters. The van der Waals surface area contributed by atoms with Crippen molar-refractivity contribution in [3.05, 3.63) is 121 Å². The number of para-hydroxylation sites is 4. The maximum Gasteiger partial charge on any atom is 0.160 e. The summed E-state index contributed by atoms with van der Waals surface area (Å²) < 4.78 is 11.6. The molecule has 0 saturated heterocycles. The molecule has 0 fully saturated rings. The molecule has 3 aromatic heterocycles. The van der Waals surface area contributed by atoms with Gasteiger partial charge in [-0.15, -0.1) is 11.3 Å². The zero-order valence-electron chi connectivity index (χ0n) is 21.3. The summed E-state index contributed by atoms with van der Waals surface area (Å²) >= 11 is 1.86. The third-order valence-electron chi connectivity index (χ3n) is 8.50. The Bertz CT molecular complexity index is 2510. The fourth-order valence-electron chi connectivity index (χ4n) is 6.83. The molecule has 4 heteroatoms. The van der Waals surface area contributed by atoms with Crippen LogP contribution in [0.25, 0.3) is 69.6 Å². The zero-order chi connectivity index (χ0) is 25.9. The van der Waals surface area contributed by atoms with E-state index in [1.807, 2.05) is 17.4 Å². The van der Waals surface area contributed by atoms with E-state index in [2.05, 4.69) is 125 Å². The number of hydrogen-bond acceptors (Lipinski definition) is 3. The molecule has 1 aliphatic rings. The van der Waals surface area contributed by atoms with Crippen LogP contribution >= 0.6 is 11.3 Å². The summed E-state index contributed by atoms with van der Waals surface area (Å²) in [7, 11) is 0. The minimum atomic E-state index is 0.922. The van der Waals surface area contributed by atoms with Gasteiger partial charge in [-0.1, -0.05) is 66.7 Å². The Labute approximate surface area is 232 Å². The van der Waals surface area contributed by atoms with Crippen LogP contribution in [0.5, 0.6) is 0 Å². The van der Waals surface area contributed by atoms with Gasteiger partial charge in [-0.05, 0) is 54.6 Å². The van der Waals surface area contributed by atoms with Crippen molar-refractivity contribution < 1.29 is 4.42 Å². The van der Waals surface area contributed by atoms with Gasteiger partial charge in [0.2, 0.25) is 0 Å². The number of hydrogen-bond donors (Lipinski definition) is 0. The molecule has 6 aromatic carbocycles. The lowest BCUT2D eigenvalue weighted by atomic mass is 10.1. The first kappa shape index (κ1) is 20.8. The van der Waals surface area contributed by atoms with Gasteiger partial charge in [-0.3, -0.25) is 0 Å². The topological polar surface area (TPSA) is 21.3 Å². The van der Waals surface area contributed by atoms with Crippen LogP contribution in [0.2, 0.25) is 0 Å². The molecule has 0 radical (unpaired) electrons. The van der Waals surface area contributed by atoms with Crippen LogP contribution in [0, 0.1) is 0 Å². The van der Waals surface area contributed by atoms with E-state index in [4.69, 9.17) is 4.42 Å². The van der Waals surface area contributed by atoms with Crippen molar-refractivity contribution in [1.82, 2.24) is 4.57 Å². The molecule has 3 nitrogen and oxygen atoms in total. The predicted molar refractivity (Wildman–Crippen MR) is 169 cm³/mol. The minimum Gasteiger partial charge on any atom is -0.454 e. The van der Waals surface area contributed by atoms with E-state index in [0.717, 1.165) is 38.8 Å². The van der Waals surface area contributed by atoms with Gasteiger partial charge < -0.3 is 13.9 Å². The monoisotopic (exact) mass is 528 g/mol. The maximum absolute atomic E-state index is 6.58. The molecule has 0 unspecified atom stereocenters. The van der Waals surface area contributed by atoms with Gasteiger partial charge in [0, 0.05) is 47.4 Å². The summed E-state index contributed by atoms with van der Waals surface area (Å²) in [6.45, 7) is 0. The molecule has 0 aliphatic carbocycles. The quantitative estimate of drug-likeness (QED) is 0.211. The van der Waals surface area contributed by atoms with Crippen molar-refractivity contribution in [2.45, 2.75) is 0 Å². The van der Waals surface area contributed by atoms with Gasteiger partial charge in [0.15, 0.2) is 5.58 Å². The van der Waals surface area contributed by atoms with Gasteiger partial charge in [0.1, 0.15) is 5.58 Å². The smallest absolute Gasteiger partial charge is 0.160 e. The number of thiophene rings is 1. The summed E-state index contributed by atoms with van der Waals surface area (Å²) in [5.41, 5.74) is 8.86. The van der Waals surface area contributed by atoms with Gasteiger partial charge >= 0.3 is 0 Å². The molecule has 0 spiro atoms. The van der Waals surface area contributed by atoms with E-state index >= 15 is 0 Å². The Kier molecular flexibility index (Phi) is 3.81. The number of furan rings is 1. The van der Waals surface area contributed by atoms with Gasteiger partial charge in [0.25, 0.3) is 0 Å². The number of rotatable bonds is 1. The molecule has 9 aromatic rings. The number of benzene rings is 6. The Morgan fingerprint density at radius 2 is 1.18 bits per heavy atom. The summed E-state index contributed by atoms with van der Waals surface area (Å²) in [5.74, 6) is 0. The predicted octanol–water partition coefficient (Wildman–Crippen LogP) is 10.8. The molecular formula is C36H20N2OS. The lowest BCUT2D eigenvalue weighted by Gasteiger charge is -2.33. The van der Waals surface area contributed by atoms with Crippen molar-refractivity contribution in [1.29, 1.82) is 0 Å². The molecule has 0 amide bonds. The van der Waals surface area contributed by atoms with E-state index in [1.54, 1.807) is 0 Å². The van der Waals surface area contributed by atoms with E-state index in [-0.39, 0.29) is 0 Å². The minimum absolute atomic E-state index is 0.922. The maximum atomic E-state index is 6.58. The molecular weight excluding hydrogens is 508 g/mol. The van der Waals surface area contributed by atoms with Gasteiger partial charge in [-0.25, -0.2) is 0 Å². The fourth-order valence-corrected chi connectivity index (χ4v) is 7.92. The number of anilines is 3. The van der Waals surface area contributed by atoms with Gasteiger partial charge in [-0.2, -0.15) is 0 Å². The van der Waals surface area contributed by atoms with Crippen molar-refractivity contribution in [3.8, 4) is 5.69 Å². The summed E-state index contributed by atoms with van der Waals surface area (Å²) in [6.07, 6.45) is 0. The molecule has 4 heterocycles. The molecule has 0 bridgehead atoms. The van der Waals surface area contributed by atoms with Crippen LogP contribution < -0.4 is 4.90 Å². The molecule has 186 valence electrons. The van der Waals surface area contributed by atoms with E-state index in [1.165, 1.54) is 47.8 Å². The van der Waals surface area contributed by atoms with Crippen LogP contribution in [0.3, 0.4) is 0 Å². The first-order valence-electron chi connectivity index (χ1n) is 13.5.